The first-order chi connectivity index (χ1) is 15.8. The minimum Gasteiger partial charge on any atom is -0.381 e. The van der Waals surface area contributed by atoms with Crippen molar-refractivity contribution in [3.8, 4) is 5.75 Å². The lowest BCUT2D eigenvalue weighted by atomic mass is 9.74. The van der Waals surface area contributed by atoms with Gasteiger partial charge in [-0.25, -0.2) is 18.7 Å². The van der Waals surface area contributed by atoms with Crippen molar-refractivity contribution < 1.29 is 36.8 Å². The molecule has 0 amide bonds. The van der Waals surface area contributed by atoms with Gasteiger partial charge in [-0.2, -0.15) is 18.1 Å². The Bertz CT molecular complexity index is 1190. The van der Waals surface area contributed by atoms with Gasteiger partial charge in [0.1, 0.15) is 23.0 Å². The fraction of sp³-hybridized carbons (Fsp3) is 0.391. The lowest BCUT2D eigenvalue weighted by Gasteiger charge is -2.38. The smallest absolute Gasteiger partial charge is 0.381 e. The molecule has 0 saturated carbocycles. The molecular formula is C23H24F5N3O3. The molecule has 0 bridgehead atoms. The van der Waals surface area contributed by atoms with Crippen LogP contribution in [0.3, 0.4) is 0 Å². The molecule has 0 aliphatic heterocycles. The molecule has 0 fully saturated rings. The molecule has 3 aromatic rings. The van der Waals surface area contributed by atoms with Crippen molar-refractivity contribution in [3.05, 3.63) is 59.6 Å². The Morgan fingerprint density at radius 3 is 2.41 bits per heavy atom. The van der Waals surface area contributed by atoms with Crippen LogP contribution in [-0.2, 0) is 10.3 Å². The monoisotopic (exact) mass is 485 g/mol. The van der Waals surface area contributed by atoms with Crippen LogP contribution < -0.4 is 10.2 Å². The molecule has 1 atom stereocenters. The molecule has 34 heavy (non-hydrogen) atoms. The summed E-state index contributed by atoms with van der Waals surface area (Å²) >= 11 is 0. The van der Waals surface area contributed by atoms with Gasteiger partial charge in [0.15, 0.2) is 11.4 Å². The van der Waals surface area contributed by atoms with Crippen LogP contribution in [0.5, 0.6) is 5.75 Å². The molecule has 11 heteroatoms. The summed E-state index contributed by atoms with van der Waals surface area (Å²) < 4.78 is 71.2. The molecule has 1 aromatic heterocycles. The summed E-state index contributed by atoms with van der Waals surface area (Å²) in [7, 11) is 1.18. The Morgan fingerprint density at radius 1 is 1.06 bits per heavy atom. The van der Waals surface area contributed by atoms with E-state index in [0.29, 0.717) is 0 Å². The first-order valence-electron chi connectivity index (χ1n) is 10.2. The summed E-state index contributed by atoms with van der Waals surface area (Å²) in [6.45, 7) is 3.26. The van der Waals surface area contributed by atoms with Crippen LogP contribution >= 0.6 is 0 Å². The number of rotatable bonds is 8. The van der Waals surface area contributed by atoms with Crippen molar-refractivity contribution in [2.45, 2.75) is 44.4 Å². The van der Waals surface area contributed by atoms with Crippen LogP contribution in [0.25, 0.3) is 10.9 Å². The maximum atomic E-state index is 14.7. The summed E-state index contributed by atoms with van der Waals surface area (Å²) in [4.78, 5) is 17.5. The van der Waals surface area contributed by atoms with E-state index < -0.39 is 41.8 Å². The van der Waals surface area contributed by atoms with Gasteiger partial charge < -0.3 is 15.3 Å². The fourth-order valence-electron chi connectivity index (χ4n) is 3.97. The minimum absolute atomic E-state index is 0.0684. The van der Waals surface area contributed by atoms with E-state index in [2.05, 4.69) is 20.2 Å². The number of aliphatic hydroxyl groups is 1. The molecule has 0 aliphatic carbocycles. The normalized spacial score (nSPS) is 14.2. The Kier molecular flexibility index (Phi) is 6.99. The van der Waals surface area contributed by atoms with Gasteiger partial charge >= 0.3 is 6.18 Å². The minimum atomic E-state index is -5.09. The van der Waals surface area contributed by atoms with Crippen LogP contribution in [0.2, 0.25) is 0 Å². The number of anilines is 1. The third-order valence-corrected chi connectivity index (χ3v) is 5.48. The average molecular weight is 485 g/mol. The quantitative estimate of drug-likeness (QED) is 0.259. The lowest BCUT2D eigenvalue weighted by molar-refractivity contribution is -0.261. The molecule has 0 radical (unpaired) electrons. The molecule has 0 aliphatic rings. The van der Waals surface area contributed by atoms with E-state index in [1.165, 1.54) is 45.4 Å². The maximum Gasteiger partial charge on any atom is 0.418 e. The lowest BCUT2D eigenvalue weighted by Crippen LogP contribution is -2.54. The van der Waals surface area contributed by atoms with Gasteiger partial charge in [0.25, 0.3) is 0 Å². The molecular weight excluding hydrogens is 461 g/mol. The number of nitrogens with zero attached hydrogens (tertiary/aromatic N) is 2. The van der Waals surface area contributed by atoms with Gasteiger partial charge in [-0.3, -0.25) is 0 Å². The Hall–Kier alpha value is -3.05. The second kappa shape index (κ2) is 9.30. The predicted molar refractivity (Wildman–Crippen MR) is 115 cm³/mol. The molecule has 2 N–H and O–H groups in total. The van der Waals surface area contributed by atoms with Crippen molar-refractivity contribution >= 4 is 16.6 Å². The summed E-state index contributed by atoms with van der Waals surface area (Å²) in [5, 5.41) is 13.5. The van der Waals surface area contributed by atoms with Crippen molar-refractivity contribution in [3.63, 3.8) is 0 Å². The largest absolute Gasteiger partial charge is 0.418 e. The third kappa shape index (κ3) is 5.05. The average Bonchev–Trinajstić information content (AvgIpc) is 2.72. The van der Waals surface area contributed by atoms with Crippen LogP contribution in [0, 0.1) is 18.6 Å². The highest BCUT2D eigenvalue weighted by atomic mass is 19.4. The first-order valence-corrected chi connectivity index (χ1v) is 10.2. The number of hydrogen-bond acceptors (Lipinski definition) is 6. The zero-order valence-electron chi connectivity index (χ0n) is 18.9. The topological polar surface area (TPSA) is 76.5 Å². The van der Waals surface area contributed by atoms with E-state index in [0.717, 1.165) is 12.1 Å². The number of aryl methyl sites for hydroxylation is 1. The SMILES string of the molecule is COOc1cccc(F)c1C(C)(C)CC(O)(CNc1ccc(F)c2nc(C)ncc12)C(F)(F)F. The second-order valence-electron chi connectivity index (χ2n) is 8.58. The molecule has 6 nitrogen and oxygen atoms in total. The Balaban J connectivity index is 1.97. The summed E-state index contributed by atoms with van der Waals surface area (Å²) in [6.07, 6.45) is -4.73. The predicted octanol–water partition coefficient (Wildman–Crippen LogP) is 5.23. The van der Waals surface area contributed by atoms with E-state index in [1.807, 2.05) is 0 Å². The van der Waals surface area contributed by atoms with E-state index in [9.17, 15) is 27.1 Å². The van der Waals surface area contributed by atoms with Gasteiger partial charge in [-0.1, -0.05) is 19.9 Å². The Morgan fingerprint density at radius 2 is 1.76 bits per heavy atom. The standard InChI is InChI=1S/C23H24F5N3O3/c1-13-29-10-14-17(9-8-16(25)20(14)31-13)30-12-22(32,23(26,27)28)11-21(2,3)19-15(24)6-5-7-18(19)34-33-4/h5-10,30,32H,11-12H2,1-4H3. The maximum absolute atomic E-state index is 14.7. The highest BCUT2D eigenvalue weighted by Crippen LogP contribution is 2.44. The molecule has 1 heterocycles. The highest BCUT2D eigenvalue weighted by Gasteiger charge is 2.56. The van der Waals surface area contributed by atoms with Crippen molar-refractivity contribution in [2.75, 3.05) is 19.0 Å². The summed E-state index contributed by atoms with van der Waals surface area (Å²) in [5.41, 5.74) is -4.99. The number of nitrogens with one attached hydrogen (secondary N) is 1. The number of fused-ring (bicyclic) bond motifs is 1. The van der Waals surface area contributed by atoms with Crippen LogP contribution in [0.4, 0.5) is 27.6 Å². The third-order valence-electron chi connectivity index (χ3n) is 5.48. The van der Waals surface area contributed by atoms with Crippen LogP contribution in [-0.4, -0.2) is 40.5 Å². The van der Waals surface area contributed by atoms with E-state index in [1.54, 1.807) is 6.92 Å². The van der Waals surface area contributed by atoms with Gasteiger partial charge in [0.2, 0.25) is 0 Å². The zero-order valence-corrected chi connectivity index (χ0v) is 18.9. The summed E-state index contributed by atoms with van der Waals surface area (Å²) in [6, 6.07) is 6.05. The van der Waals surface area contributed by atoms with Gasteiger partial charge in [-0.15, -0.1) is 0 Å². The molecule has 3 rings (SSSR count). The van der Waals surface area contributed by atoms with E-state index in [-0.39, 0.29) is 33.7 Å². The molecule has 0 spiro atoms. The number of aromatic nitrogens is 2. The van der Waals surface area contributed by atoms with Gasteiger partial charge in [-0.05, 0) is 43.0 Å². The first kappa shape index (κ1) is 25.6. The molecule has 0 saturated heterocycles. The zero-order chi connectivity index (χ0) is 25.3. The van der Waals surface area contributed by atoms with Crippen LogP contribution in [0.1, 0.15) is 31.7 Å². The second-order valence-corrected chi connectivity index (χ2v) is 8.58. The van der Waals surface area contributed by atoms with Crippen molar-refractivity contribution in [2.24, 2.45) is 0 Å². The number of halogens is 5. The van der Waals surface area contributed by atoms with Crippen molar-refractivity contribution in [1.82, 2.24) is 9.97 Å². The van der Waals surface area contributed by atoms with E-state index >= 15 is 0 Å². The Labute approximate surface area is 192 Å². The highest BCUT2D eigenvalue weighted by molar-refractivity contribution is 5.91. The molecule has 1 unspecified atom stereocenters. The molecule has 184 valence electrons. The number of alkyl halides is 3. The van der Waals surface area contributed by atoms with Gasteiger partial charge in [0, 0.05) is 22.8 Å². The fourth-order valence-corrected chi connectivity index (χ4v) is 3.97. The van der Waals surface area contributed by atoms with Crippen molar-refractivity contribution in [1.29, 1.82) is 0 Å². The summed E-state index contributed by atoms with van der Waals surface area (Å²) in [5.74, 6) is -1.30. The van der Waals surface area contributed by atoms with Gasteiger partial charge in [0.05, 0.1) is 13.7 Å². The number of benzene rings is 2. The van der Waals surface area contributed by atoms with E-state index in [4.69, 9.17) is 4.89 Å². The van der Waals surface area contributed by atoms with Crippen LogP contribution in [0.15, 0.2) is 36.5 Å². The number of hydrogen-bond donors (Lipinski definition) is 2. The molecule has 2 aromatic carbocycles.